The van der Waals surface area contributed by atoms with Gasteiger partial charge in [0.25, 0.3) is 0 Å². The molecule has 0 saturated carbocycles. The second-order valence-corrected chi connectivity index (χ2v) is 7.37. The van der Waals surface area contributed by atoms with Crippen molar-refractivity contribution in [2.75, 3.05) is 14.1 Å². The van der Waals surface area contributed by atoms with E-state index in [2.05, 4.69) is 16.3 Å². The molecular weight excluding hydrogens is 350 g/mol. The molecule has 0 aliphatic carbocycles. The molecule has 2 amide bonds. The average molecular weight is 377 g/mol. The fourth-order valence-electron chi connectivity index (χ4n) is 3.58. The normalized spacial score (nSPS) is 15.4. The number of benzene rings is 2. The van der Waals surface area contributed by atoms with E-state index in [-0.39, 0.29) is 24.3 Å². The van der Waals surface area contributed by atoms with Gasteiger partial charge < -0.3 is 15.1 Å². The van der Waals surface area contributed by atoms with Gasteiger partial charge in [-0.25, -0.2) is 0 Å². The lowest BCUT2D eigenvalue weighted by molar-refractivity contribution is -0.130. The number of hydrogen-bond acceptors (Lipinski definition) is 3. The second-order valence-electron chi connectivity index (χ2n) is 7.37. The number of nitrogens with zero attached hydrogens (tertiary/aromatic N) is 2. The minimum absolute atomic E-state index is 0.0685. The van der Waals surface area contributed by atoms with Crippen molar-refractivity contribution in [2.45, 2.75) is 32.5 Å². The fourth-order valence-corrected chi connectivity index (χ4v) is 3.58. The Labute approximate surface area is 166 Å². The summed E-state index contributed by atoms with van der Waals surface area (Å²) in [4.78, 5) is 28.5. The summed E-state index contributed by atoms with van der Waals surface area (Å²) in [6, 6.07) is 15.7. The third-order valence-corrected chi connectivity index (χ3v) is 4.93. The molecule has 0 bridgehead atoms. The molecule has 1 aliphatic heterocycles. The van der Waals surface area contributed by atoms with Crippen LogP contribution in [-0.2, 0) is 22.7 Å². The zero-order chi connectivity index (χ0) is 20.1. The molecule has 0 spiro atoms. The van der Waals surface area contributed by atoms with Crippen LogP contribution in [0.1, 0.15) is 41.6 Å². The van der Waals surface area contributed by atoms with Gasteiger partial charge in [0.1, 0.15) is 0 Å². The molecule has 1 N–H and O–H groups in total. The highest BCUT2D eigenvalue weighted by atomic mass is 16.2. The Kier molecular flexibility index (Phi) is 6.26. The molecule has 1 heterocycles. The van der Waals surface area contributed by atoms with Gasteiger partial charge in [0.15, 0.2) is 0 Å². The summed E-state index contributed by atoms with van der Waals surface area (Å²) in [5.41, 5.74) is 4.36. The summed E-state index contributed by atoms with van der Waals surface area (Å²) in [6.07, 6.45) is 3.93. The highest BCUT2D eigenvalue weighted by Crippen LogP contribution is 2.32. The largest absolute Gasteiger partial charge is 0.352 e. The molecule has 0 aromatic heterocycles. The van der Waals surface area contributed by atoms with E-state index < -0.39 is 0 Å². The number of hydrogen-bond donors (Lipinski definition) is 1. The number of nitrogens with one attached hydrogen (secondary N) is 1. The lowest BCUT2D eigenvalue weighted by Gasteiger charge is -2.32. The van der Waals surface area contributed by atoms with Gasteiger partial charge in [-0.05, 0) is 42.4 Å². The van der Waals surface area contributed by atoms with Crippen LogP contribution in [0, 0.1) is 0 Å². The van der Waals surface area contributed by atoms with Gasteiger partial charge in [0.2, 0.25) is 11.8 Å². The first kappa shape index (κ1) is 19.8. The Bertz CT molecular complexity index is 889. The van der Waals surface area contributed by atoms with Crippen LogP contribution in [0.5, 0.6) is 0 Å². The fraction of sp³-hybridized carbons (Fsp3) is 0.304. The summed E-state index contributed by atoms with van der Waals surface area (Å²) in [7, 11) is 4.06. The van der Waals surface area contributed by atoms with Crippen molar-refractivity contribution in [1.82, 2.24) is 15.1 Å². The molecule has 1 atom stereocenters. The predicted molar refractivity (Wildman–Crippen MR) is 111 cm³/mol. The number of carbonyl (C=O) groups is 2. The minimum Gasteiger partial charge on any atom is -0.352 e. The van der Waals surface area contributed by atoms with Crippen molar-refractivity contribution in [3.8, 4) is 0 Å². The summed E-state index contributed by atoms with van der Waals surface area (Å²) in [5, 5.41) is 3.03. The van der Waals surface area contributed by atoms with Gasteiger partial charge in [0, 0.05) is 26.2 Å². The van der Waals surface area contributed by atoms with E-state index in [0.717, 1.165) is 23.2 Å². The maximum absolute atomic E-state index is 12.7. The van der Waals surface area contributed by atoms with E-state index in [0.29, 0.717) is 6.54 Å². The third-order valence-electron chi connectivity index (χ3n) is 4.93. The van der Waals surface area contributed by atoms with Gasteiger partial charge in [-0.3, -0.25) is 9.59 Å². The van der Waals surface area contributed by atoms with E-state index in [1.807, 2.05) is 62.6 Å². The molecule has 2 aromatic carbocycles. The zero-order valence-corrected chi connectivity index (χ0v) is 16.7. The van der Waals surface area contributed by atoms with Crippen molar-refractivity contribution in [3.63, 3.8) is 0 Å². The van der Waals surface area contributed by atoms with Gasteiger partial charge >= 0.3 is 0 Å². The van der Waals surface area contributed by atoms with Crippen molar-refractivity contribution in [3.05, 3.63) is 77.0 Å². The highest BCUT2D eigenvalue weighted by molar-refractivity contribution is 5.81. The Morgan fingerprint density at radius 1 is 1.04 bits per heavy atom. The van der Waals surface area contributed by atoms with Crippen LogP contribution in [-0.4, -0.2) is 35.7 Å². The van der Waals surface area contributed by atoms with E-state index in [1.165, 1.54) is 12.5 Å². The van der Waals surface area contributed by atoms with Crippen LogP contribution in [0.4, 0.5) is 0 Å². The molecule has 5 nitrogen and oxygen atoms in total. The first-order chi connectivity index (χ1) is 13.5. The second kappa shape index (κ2) is 8.85. The van der Waals surface area contributed by atoms with Gasteiger partial charge in [-0.15, -0.1) is 0 Å². The number of carbonyl (C=O) groups excluding carboxylic acids is 2. The average Bonchev–Trinajstić information content (AvgIpc) is 2.67. The molecule has 0 unspecified atom stereocenters. The summed E-state index contributed by atoms with van der Waals surface area (Å²) >= 11 is 0. The SMILES string of the molecule is CC(=O)N1C=Cc2ccccc2[C@H]1CC(=O)NCc1ccccc1CN(C)C. The van der Waals surface area contributed by atoms with E-state index in [9.17, 15) is 9.59 Å². The summed E-state index contributed by atoms with van der Waals surface area (Å²) < 4.78 is 0. The summed E-state index contributed by atoms with van der Waals surface area (Å²) in [6.45, 7) is 2.83. The van der Waals surface area contributed by atoms with E-state index in [1.54, 1.807) is 11.1 Å². The third kappa shape index (κ3) is 4.67. The molecule has 1 aliphatic rings. The number of fused-ring (bicyclic) bond motifs is 1. The minimum atomic E-state index is -0.282. The van der Waals surface area contributed by atoms with Gasteiger partial charge in [0.05, 0.1) is 12.5 Å². The molecule has 5 heteroatoms. The van der Waals surface area contributed by atoms with Crippen molar-refractivity contribution < 1.29 is 9.59 Å². The van der Waals surface area contributed by atoms with Crippen LogP contribution >= 0.6 is 0 Å². The Balaban J connectivity index is 1.70. The number of amides is 2. The first-order valence-corrected chi connectivity index (χ1v) is 9.50. The highest BCUT2D eigenvalue weighted by Gasteiger charge is 2.28. The van der Waals surface area contributed by atoms with Crippen LogP contribution in [0.3, 0.4) is 0 Å². The number of rotatable bonds is 6. The molecule has 2 aromatic rings. The topological polar surface area (TPSA) is 52.7 Å². The standard InChI is InChI=1S/C23H27N3O2/c1-17(27)26-13-12-18-8-6-7-11-21(18)22(26)14-23(28)24-15-19-9-4-5-10-20(19)16-25(2)3/h4-13,22H,14-16H2,1-3H3,(H,24,28)/t22-/m1/s1. The molecule has 3 rings (SSSR count). The molecular formula is C23H27N3O2. The lowest BCUT2D eigenvalue weighted by atomic mass is 9.93. The van der Waals surface area contributed by atoms with Crippen molar-refractivity contribution in [1.29, 1.82) is 0 Å². The Morgan fingerprint density at radius 2 is 1.71 bits per heavy atom. The van der Waals surface area contributed by atoms with Gasteiger partial charge in [-0.2, -0.15) is 0 Å². The monoisotopic (exact) mass is 377 g/mol. The van der Waals surface area contributed by atoms with E-state index in [4.69, 9.17) is 0 Å². The molecule has 146 valence electrons. The molecule has 0 saturated heterocycles. The zero-order valence-electron chi connectivity index (χ0n) is 16.7. The molecule has 0 fully saturated rings. The van der Waals surface area contributed by atoms with E-state index >= 15 is 0 Å². The molecule has 28 heavy (non-hydrogen) atoms. The maximum Gasteiger partial charge on any atom is 0.223 e. The van der Waals surface area contributed by atoms with Crippen LogP contribution in [0.15, 0.2) is 54.7 Å². The summed E-state index contributed by atoms with van der Waals surface area (Å²) in [5.74, 6) is -0.138. The van der Waals surface area contributed by atoms with Crippen LogP contribution in [0.25, 0.3) is 6.08 Å². The predicted octanol–water partition coefficient (Wildman–Crippen LogP) is 3.33. The maximum atomic E-state index is 12.7. The van der Waals surface area contributed by atoms with Crippen LogP contribution < -0.4 is 5.32 Å². The smallest absolute Gasteiger partial charge is 0.223 e. The molecule has 0 radical (unpaired) electrons. The van der Waals surface area contributed by atoms with Crippen molar-refractivity contribution in [2.24, 2.45) is 0 Å². The van der Waals surface area contributed by atoms with Gasteiger partial charge in [-0.1, -0.05) is 48.5 Å². The lowest BCUT2D eigenvalue weighted by Crippen LogP contribution is -2.35. The Morgan fingerprint density at radius 3 is 2.43 bits per heavy atom. The van der Waals surface area contributed by atoms with Crippen molar-refractivity contribution >= 4 is 17.9 Å². The quantitative estimate of drug-likeness (QED) is 0.840. The first-order valence-electron chi connectivity index (χ1n) is 9.50. The Hall–Kier alpha value is -2.92. The van der Waals surface area contributed by atoms with Crippen LogP contribution in [0.2, 0.25) is 0 Å².